The molecule has 16 heavy (non-hydrogen) atoms. The number of anilines is 1. The second-order valence-corrected chi connectivity index (χ2v) is 3.09. The third kappa shape index (κ3) is 1.92. The Kier molecular flexibility index (Phi) is 3.68. The van der Waals surface area contributed by atoms with Gasteiger partial charge in [0.1, 0.15) is 0 Å². The van der Waals surface area contributed by atoms with Gasteiger partial charge in [-0.3, -0.25) is 4.98 Å². The molecular weight excluding hydrogens is 228 g/mol. The highest BCUT2D eigenvalue weighted by atomic mass is 35.5. The number of aromatic nitrogens is 1. The van der Waals surface area contributed by atoms with E-state index in [4.69, 9.17) is 5.73 Å². The average Bonchev–Trinajstić information content (AvgIpc) is 2.28. The molecule has 0 spiro atoms. The van der Waals surface area contributed by atoms with Gasteiger partial charge in [0, 0.05) is 17.3 Å². The lowest BCUT2D eigenvalue weighted by Crippen LogP contribution is -2.03. The minimum Gasteiger partial charge on any atom is -0.465 e. The molecule has 1 aromatic heterocycles. The summed E-state index contributed by atoms with van der Waals surface area (Å²) in [5.41, 5.74) is 7.38. The second-order valence-electron chi connectivity index (χ2n) is 3.09. The molecule has 0 aliphatic heterocycles. The standard InChI is InChI=1S/C11H10N2O2.ClH/c1-15-11(14)8-4-2-3-7-9(12)5-6-13-10(7)8;/h2-6H,1H3,(H2,12,13);1H. The molecule has 0 saturated heterocycles. The van der Waals surface area contributed by atoms with Crippen molar-refractivity contribution in [3.63, 3.8) is 0 Å². The van der Waals surface area contributed by atoms with Crippen LogP contribution in [0.3, 0.4) is 0 Å². The van der Waals surface area contributed by atoms with Crippen LogP contribution >= 0.6 is 12.4 Å². The Bertz CT molecular complexity index is 528. The van der Waals surface area contributed by atoms with Crippen molar-refractivity contribution in [2.45, 2.75) is 0 Å². The monoisotopic (exact) mass is 238 g/mol. The molecule has 2 N–H and O–H groups in total. The molecule has 2 rings (SSSR count). The molecular formula is C11H11ClN2O2. The number of fused-ring (bicyclic) bond motifs is 1. The van der Waals surface area contributed by atoms with Crippen LogP contribution in [0.4, 0.5) is 5.69 Å². The third-order valence-electron chi connectivity index (χ3n) is 2.21. The molecule has 0 bridgehead atoms. The van der Waals surface area contributed by atoms with Crippen LogP contribution in [-0.4, -0.2) is 18.1 Å². The third-order valence-corrected chi connectivity index (χ3v) is 2.21. The quantitative estimate of drug-likeness (QED) is 0.772. The molecule has 0 radical (unpaired) electrons. The summed E-state index contributed by atoms with van der Waals surface area (Å²) in [6.45, 7) is 0. The number of rotatable bonds is 1. The van der Waals surface area contributed by atoms with Crippen molar-refractivity contribution in [2.75, 3.05) is 12.8 Å². The Hall–Kier alpha value is -1.81. The van der Waals surface area contributed by atoms with Gasteiger partial charge in [0.2, 0.25) is 0 Å². The molecule has 5 heteroatoms. The van der Waals surface area contributed by atoms with Gasteiger partial charge in [-0.05, 0) is 12.1 Å². The summed E-state index contributed by atoms with van der Waals surface area (Å²) < 4.78 is 4.66. The van der Waals surface area contributed by atoms with Gasteiger partial charge in [0.05, 0.1) is 18.2 Å². The van der Waals surface area contributed by atoms with Gasteiger partial charge in [-0.25, -0.2) is 4.79 Å². The zero-order valence-corrected chi connectivity index (χ0v) is 9.45. The number of para-hydroxylation sites is 1. The number of benzene rings is 1. The molecule has 1 heterocycles. The fraction of sp³-hybridized carbons (Fsp3) is 0.0909. The number of nitrogens with zero attached hydrogens (tertiary/aromatic N) is 1. The smallest absolute Gasteiger partial charge is 0.340 e. The Morgan fingerprint density at radius 1 is 1.38 bits per heavy atom. The molecule has 2 aromatic rings. The zero-order chi connectivity index (χ0) is 10.8. The number of halogens is 1. The highest BCUT2D eigenvalue weighted by Crippen LogP contribution is 2.21. The van der Waals surface area contributed by atoms with E-state index in [0.717, 1.165) is 5.39 Å². The van der Waals surface area contributed by atoms with Crippen LogP contribution in [0.2, 0.25) is 0 Å². The van der Waals surface area contributed by atoms with Crippen LogP contribution in [0.15, 0.2) is 30.5 Å². The van der Waals surface area contributed by atoms with Crippen molar-refractivity contribution in [1.82, 2.24) is 4.98 Å². The Labute approximate surface area is 98.8 Å². The molecule has 0 saturated carbocycles. The van der Waals surface area contributed by atoms with Crippen molar-refractivity contribution in [1.29, 1.82) is 0 Å². The normalized spacial score (nSPS) is 9.56. The summed E-state index contributed by atoms with van der Waals surface area (Å²) in [6.07, 6.45) is 1.57. The lowest BCUT2D eigenvalue weighted by molar-refractivity contribution is 0.0603. The van der Waals surface area contributed by atoms with Crippen molar-refractivity contribution in [3.05, 3.63) is 36.0 Å². The number of carbonyl (C=O) groups is 1. The summed E-state index contributed by atoms with van der Waals surface area (Å²) in [5, 5.41) is 0.764. The molecule has 1 aromatic carbocycles. The second kappa shape index (κ2) is 4.81. The molecule has 0 atom stereocenters. The largest absolute Gasteiger partial charge is 0.465 e. The van der Waals surface area contributed by atoms with Crippen LogP contribution < -0.4 is 5.73 Å². The maximum Gasteiger partial charge on any atom is 0.340 e. The summed E-state index contributed by atoms with van der Waals surface area (Å²) in [4.78, 5) is 15.6. The number of carbonyl (C=O) groups excluding carboxylic acids is 1. The van der Waals surface area contributed by atoms with Crippen LogP contribution in [-0.2, 0) is 4.74 Å². The topological polar surface area (TPSA) is 65.2 Å². The first-order chi connectivity index (χ1) is 7.24. The van der Waals surface area contributed by atoms with Gasteiger partial charge in [0.25, 0.3) is 0 Å². The van der Waals surface area contributed by atoms with Crippen molar-refractivity contribution >= 4 is 35.0 Å². The van der Waals surface area contributed by atoms with E-state index in [9.17, 15) is 4.79 Å². The first-order valence-corrected chi connectivity index (χ1v) is 4.45. The van der Waals surface area contributed by atoms with Crippen molar-refractivity contribution in [3.8, 4) is 0 Å². The van der Waals surface area contributed by atoms with Gasteiger partial charge in [0.15, 0.2) is 0 Å². The van der Waals surface area contributed by atoms with Crippen molar-refractivity contribution in [2.24, 2.45) is 0 Å². The van der Waals surface area contributed by atoms with Gasteiger partial charge >= 0.3 is 5.97 Å². The molecule has 0 aliphatic rings. The predicted molar refractivity (Wildman–Crippen MR) is 64.7 cm³/mol. The van der Waals surface area contributed by atoms with E-state index in [2.05, 4.69) is 9.72 Å². The lowest BCUT2D eigenvalue weighted by atomic mass is 10.1. The minimum atomic E-state index is -0.404. The van der Waals surface area contributed by atoms with E-state index in [-0.39, 0.29) is 12.4 Å². The first-order valence-electron chi connectivity index (χ1n) is 4.45. The van der Waals surface area contributed by atoms with E-state index >= 15 is 0 Å². The van der Waals surface area contributed by atoms with Crippen LogP contribution in [0.1, 0.15) is 10.4 Å². The maximum absolute atomic E-state index is 11.4. The van der Waals surface area contributed by atoms with E-state index in [1.165, 1.54) is 7.11 Å². The number of hydrogen-bond acceptors (Lipinski definition) is 4. The summed E-state index contributed by atoms with van der Waals surface area (Å²) in [5.74, 6) is -0.404. The van der Waals surface area contributed by atoms with E-state index in [1.54, 1.807) is 24.4 Å². The zero-order valence-electron chi connectivity index (χ0n) is 8.64. The molecule has 84 valence electrons. The molecule has 0 unspecified atom stereocenters. The van der Waals surface area contributed by atoms with E-state index in [1.807, 2.05) is 6.07 Å². The van der Waals surface area contributed by atoms with Crippen LogP contribution in [0.25, 0.3) is 10.9 Å². The van der Waals surface area contributed by atoms with E-state index in [0.29, 0.717) is 16.8 Å². The van der Waals surface area contributed by atoms with Crippen molar-refractivity contribution < 1.29 is 9.53 Å². The van der Waals surface area contributed by atoms with Crippen LogP contribution in [0, 0.1) is 0 Å². The molecule has 4 nitrogen and oxygen atoms in total. The number of hydrogen-bond donors (Lipinski definition) is 1. The SMILES string of the molecule is COC(=O)c1cccc2c(N)ccnc12.Cl. The number of pyridine rings is 1. The Balaban J connectivity index is 0.00000128. The maximum atomic E-state index is 11.4. The highest BCUT2D eigenvalue weighted by Gasteiger charge is 2.11. The fourth-order valence-electron chi connectivity index (χ4n) is 1.47. The van der Waals surface area contributed by atoms with Gasteiger partial charge in [-0.1, -0.05) is 12.1 Å². The van der Waals surface area contributed by atoms with Crippen LogP contribution in [0.5, 0.6) is 0 Å². The average molecular weight is 239 g/mol. The number of ether oxygens (including phenoxy) is 1. The fourth-order valence-corrected chi connectivity index (χ4v) is 1.47. The van der Waals surface area contributed by atoms with Gasteiger partial charge in [-0.2, -0.15) is 0 Å². The molecule has 0 aliphatic carbocycles. The lowest BCUT2D eigenvalue weighted by Gasteiger charge is -2.05. The first kappa shape index (κ1) is 12.3. The number of methoxy groups -OCH3 is 1. The summed E-state index contributed by atoms with van der Waals surface area (Å²) >= 11 is 0. The Morgan fingerprint density at radius 3 is 2.81 bits per heavy atom. The summed E-state index contributed by atoms with van der Waals surface area (Å²) in [7, 11) is 1.34. The predicted octanol–water partition coefficient (Wildman–Crippen LogP) is 2.03. The Morgan fingerprint density at radius 2 is 2.12 bits per heavy atom. The number of nitrogen functional groups attached to an aromatic ring is 1. The number of nitrogens with two attached hydrogens (primary N) is 1. The van der Waals surface area contributed by atoms with E-state index < -0.39 is 5.97 Å². The molecule has 0 amide bonds. The van der Waals surface area contributed by atoms with Gasteiger partial charge < -0.3 is 10.5 Å². The summed E-state index contributed by atoms with van der Waals surface area (Å²) in [6, 6.07) is 6.95. The number of esters is 1. The van der Waals surface area contributed by atoms with Gasteiger partial charge in [-0.15, -0.1) is 12.4 Å². The minimum absolute atomic E-state index is 0. The molecule has 0 fully saturated rings. The highest BCUT2D eigenvalue weighted by molar-refractivity contribution is 6.05.